The standard InChI is InChI=1S/C33H31N7/c1-24-29-13-15-36-31(29)12-11-30(24)38-33-27(21-35-22-28(33)20-34)10-9-25-5-7-26(8-6-25)23-39-16-18-40(19-17-39)32-4-2-3-14-37-32/h2-15,21-22,36H,16-19,23H2,1H3,(H,35,38). The van der Waals surface area contributed by atoms with Crippen LogP contribution in [0.1, 0.15) is 27.8 Å². The van der Waals surface area contributed by atoms with Crippen molar-refractivity contribution in [2.24, 2.45) is 0 Å². The van der Waals surface area contributed by atoms with E-state index in [-0.39, 0.29) is 0 Å². The summed E-state index contributed by atoms with van der Waals surface area (Å²) in [5.74, 6) is 1.06. The number of anilines is 3. The Hall–Kier alpha value is -4.93. The summed E-state index contributed by atoms with van der Waals surface area (Å²) >= 11 is 0. The summed E-state index contributed by atoms with van der Waals surface area (Å²) in [6.07, 6.45) is 11.3. The zero-order valence-corrected chi connectivity index (χ0v) is 22.5. The fourth-order valence-electron chi connectivity index (χ4n) is 5.24. The van der Waals surface area contributed by atoms with Gasteiger partial charge in [0.1, 0.15) is 11.9 Å². The van der Waals surface area contributed by atoms with Crippen LogP contribution < -0.4 is 10.2 Å². The van der Waals surface area contributed by atoms with Gasteiger partial charge in [-0.05, 0) is 53.9 Å². The monoisotopic (exact) mass is 525 g/mol. The Bertz CT molecular complexity index is 1670. The average molecular weight is 526 g/mol. The Labute approximate surface area is 234 Å². The van der Waals surface area contributed by atoms with E-state index >= 15 is 0 Å². The van der Waals surface area contributed by atoms with E-state index in [1.54, 1.807) is 12.4 Å². The summed E-state index contributed by atoms with van der Waals surface area (Å²) in [5, 5.41) is 14.4. The molecule has 1 aliphatic heterocycles. The largest absolute Gasteiger partial charge is 0.361 e. The average Bonchev–Trinajstić information content (AvgIpc) is 3.49. The van der Waals surface area contributed by atoms with Crippen molar-refractivity contribution in [3.05, 3.63) is 113 Å². The third kappa shape index (κ3) is 5.44. The van der Waals surface area contributed by atoms with Gasteiger partial charge in [-0.1, -0.05) is 42.5 Å². The number of benzene rings is 2. The molecular formula is C33H31N7. The summed E-state index contributed by atoms with van der Waals surface area (Å²) in [5.41, 5.74) is 7.72. The molecule has 1 saturated heterocycles. The Morgan fingerprint density at radius 1 is 0.975 bits per heavy atom. The molecule has 5 aromatic rings. The summed E-state index contributed by atoms with van der Waals surface area (Å²) < 4.78 is 0. The lowest BCUT2D eigenvalue weighted by atomic mass is 10.1. The molecule has 1 aliphatic rings. The molecule has 0 bridgehead atoms. The molecule has 6 rings (SSSR count). The molecule has 40 heavy (non-hydrogen) atoms. The van der Waals surface area contributed by atoms with E-state index in [0.717, 1.165) is 77.5 Å². The lowest BCUT2D eigenvalue weighted by molar-refractivity contribution is 0.249. The van der Waals surface area contributed by atoms with E-state index in [1.807, 2.05) is 36.7 Å². The highest BCUT2D eigenvalue weighted by atomic mass is 15.3. The number of nitriles is 1. The first-order chi connectivity index (χ1) is 19.7. The normalized spacial score (nSPS) is 14.1. The molecule has 0 radical (unpaired) electrons. The second kappa shape index (κ2) is 11.4. The number of aryl methyl sites for hydroxylation is 1. The predicted molar refractivity (Wildman–Crippen MR) is 162 cm³/mol. The fraction of sp³-hybridized carbons (Fsp3) is 0.182. The smallest absolute Gasteiger partial charge is 0.128 e. The molecular weight excluding hydrogens is 494 g/mol. The van der Waals surface area contributed by atoms with E-state index in [1.165, 1.54) is 5.56 Å². The van der Waals surface area contributed by atoms with Crippen molar-refractivity contribution in [1.82, 2.24) is 19.9 Å². The third-order valence-corrected chi connectivity index (χ3v) is 7.55. The van der Waals surface area contributed by atoms with Crippen molar-refractivity contribution in [3.8, 4) is 6.07 Å². The van der Waals surface area contributed by atoms with E-state index in [9.17, 15) is 5.26 Å². The van der Waals surface area contributed by atoms with Crippen LogP contribution >= 0.6 is 0 Å². The molecule has 0 unspecified atom stereocenters. The SMILES string of the molecule is Cc1c(Nc2c(C#N)cncc2C=Cc2ccc(CN3CCN(c4ccccn4)CC3)cc2)ccc2[nH]ccc12. The molecule has 4 heterocycles. The summed E-state index contributed by atoms with van der Waals surface area (Å²) in [4.78, 5) is 16.9. The second-order valence-corrected chi connectivity index (χ2v) is 10.1. The molecule has 2 N–H and O–H groups in total. The minimum atomic E-state index is 0.509. The number of nitrogens with zero attached hydrogens (tertiary/aromatic N) is 5. The van der Waals surface area contributed by atoms with Gasteiger partial charge in [0.05, 0.1) is 11.3 Å². The van der Waals surface area contributed by atoms with Crippen LogP contribution in [0.15, 0.2) is 85.5 Å². The number of aromatic amines is 1. The third-order valence-electron chi connectivity index (χ3n) is 7.55. The van der Waals surface area contributed by atoms with E-state index in [4.69, 9.17) is 0 Å². The van der Waals surface area contributed by atoms with Crippen molar-refractivity contribution in [2.45, 2.75) is 13.5 Å². The second-order valence-electron chi connectivity index (χ2n) is 10.1. The summed E-state index contributed by atoms with van der Waals surface area (Å²) in [6.45, 7) is 7.04. The van der Waals surface area contributed by atoms with Crippen LogP contribution in [0.5, 0.6) is 0 Å². The maximum absolute atomic E-state index is 9.78. The number of hydrogen-bond donors (Lipinski definition) is 2. The first-order valence-corrected chi connectivity index (χ1v) is 13.5. The number of nitrogens with one attached hydrogen (secondary N) is 2. The Balaban J connectivity index is 1.13. The van der Waals surface area contributed by atoms with Gasteiger partial charge in [-0.25, -0.2) is 4.98 Å². The van der Waals surface area contributed by atoms with Crippen LogP contribution in [0.2, 0.25) is 0 Å². The number of piperazine rings is 1. The van der Waals surface area contributed by atoms with Crippen LogP contribution in [0.4, 0.5) is 17.2 Å². The van der Waals surface area contributed by atoms with Crippen molar-refractivity contribution in [3.63, 3.8) is 0 Å². The van der Waals surface area contributed by atoms with Crippen LogP contribution in [0.3, 0.4) is 0 Å². The molecule has 0 saturated carbocycles. The van der Waals surface area contributed by atoms with Gasteiger partial charge >= 0.3 is 0 Å². The lowest BCUT2D eigenvalue weighted by Crippen LogP contribution is -2.46. The number of rotatable bonds is 7. The van der Waals surface area contributed by atoms with Gasteiger partial charge in [-0.2, -0.15) is 5.26 Å². The highest BCUT2D eigenvalue weighted by Crippen LogP contribution is 2.31. The van der Waals surface area contributed by atoms with Gasteiger partial charge in [0, 0.05) is 79.7 Å². The van der Waals surface area contributed by atoms with Crippen molar-refractivity contribution >= 4 is 40.2 Å². The van der Waals surface area contributed by atoms with E-state index < -0.39 is 0 Å². The number of hydrogen-bond acceptors (Lipinski definition) is 6. The van der Waals surface area contributed by atoms with Crippen molar-refractivity contribution < 1.29 is 0 Å². The van der Waals surface area contributed by atoms with Gasteiger partial charge in [0.25, 0.3) is 0 Å². The molecule has 7 heteroatoms. The lowest BCUT2D eigenvalue weighted by Gasteiger charge is -2.35. The van der Waals surface area contributed by atoms with Crippen LogP contribution in [0.25, 0.3) is 23.1 Å². The molecule has 1 fully saturated rings. The number of H-pyrrole nitrogens is 1. The fourth-order valence-corrected chi connectivity index (χ4v) is 5.24. The summed E-state index contributed by atoms with van der Waals surface area (Å²) in [7, 11) is 0. The number of aromatic nitrogens is 3. The Morgan fingerprint density at radius 3 is 2.60 bits per heavy atom. The van der Waals surface area contributed by atoms with Gasteiger partial charge in [0.15, 0.2) is 0 Å². The zero-order chi connectivity index (χ0) is 27.3. The molecule has 7 nitrogen and oxygen atoms in total. The maximum Gasteiger partial charge on any atom is 0.128 e. The van der Waals surface area contributed by atoms with Gasteiger partial charge in [-0.3, -0.25) is 9.88 Å². The highest BCUT2D eigenvalue weighted by Gasteiger charge is 2.18. The minimum Gasteiger partial charge on any atom is -0.361 e. The molecule has 0 spiro atoms. The topological polar surface area (TPSA) is 83.9 Å². The van der Waals surface area contributed by atoms with Gasteiger partial charge in [0.2, 0.25) is 0 Å². The quantitative estimate of drug-likeness (QED) is 0.257. The molecule has 198 valence electrons. The Morgan fingerprint density at radius 2 is 1.82 bits per heavy atom. The molecule has 3 aromatic heterocycles. The van der Waals surface area contributed by atoms with Crippen molar-refractivity contribution in [2.75, 3.05) is 36.4 Å². The number of pyridine rings is 2. The maximum atomic E-state index is 9.78. The van der Waals surface area contributed by atoms with E-state index in [2.05, 4.69) is 91.6 Å². The first-order valence-electron chi connectivity index (χ1n) is 13.5. The molecule has 0 aliphatic carbocycles. The zero-order valence-electron chi connectivity index (χ0n) is 22.5. The van der Waals surface area contributed by atoms with Crippen LogP contribution in [-0.2, 0) is 6.54 Å². The molecule has 0 atom stereocenters. The number of fused-ring (bicyclic) bond motifs is 1. The predicted octanol–water partition coefficient (Wildman–Crippen LogP) is 6.37. The molecule has 0 amide bonds. The van der Waals surface area contributed by atoms with Gasteiger partial charge in [-0.15, -0.1) is 0 Å². The van der Waals surface area contributed by atoms with Crippen molar-refractivity contribution in [1.29, 1.82) is 5.26 Å². The first kappa shape index (κ1) is 25.4. The van der Waals surface area contributed by atoms with E-state index in [0.29, 0.717) is 5.56 Å². The highest BCUT2D eigenvalue weighted by molar-refractivity contribution is 5.90. The Kier molecular flexibility index (Phi) is 7.25. The molecule has 2 aromatic carbocycles. The van der Waals surface area contributed by atoms with Crippen LogP contribution in [0, 0.1) is 18.3 Å². The van der Waals surface area contributed by atoms with Crippen LogP contribution in [-0.4, -0.2) is 46.0 Å². The summed E-state index contributed by atoms with van der Waals surface area (Å²) in [6, 6.07) is 23.2. The van der Waals surface area contributed by atoms with Gasteiger partial charge < -0.3 is 15.2 Å². The minimum absolute atomic E-state index is 0.509.